The SMILES string of the molecule is NC(=S)c1ccc(Oc2ccc(Br)c(F)c2)c(Cl)c1. The Balaban J connectivity index is 2.28. The van der Waals surface area contributed by atoms with E-state index in [1.807, 2.05) is 0 Å². The standard InChI is InChI=1S/C13H8BrClFNOS/c14-9-3-2-8(6-11(9)16)18-12-4-1-7(13(17)19)5-10(12)15/h1-6H,(H2,17,19). The van der Waals surface area contributed by atoms with E-state index in [-0.39, 0.29) is 4.99 Å². The van der Waals surface area contributed by atoms with Gasteiger partial charge in [-0.05, 0) is 46.3 Å². The van der Waals surface area contributed by atoms with E-state index in [2.05, 4.69) is 15.9 Å². The number of hydrogen-bond donors (Lipinski definition) is 1. The fraction of sp³-hybridized carbons (Fsp3) is 0. The third kappa shape index (κ3) is 3.43. The summed E-state index contributed by atoms with van der Waals surface area (Å²) in [5, 5.41) is 0.355. The topological polar surface area (TPSA) is 35.2 Å². The molecule has 2 aromatic carbocycles. The van der Waals surface area contributed by atoms with Crippen molar-refractivity contribution in [3.63, 3.8) is 0 Å². The average molecular weight is 361 g/mol. The molecule has 0 aliphatic heterocycles. The third-order valence-electron chi connectivity index (χ3n) is 2.34. The second-order valence-corrected chi connectivity index (χ2v) is 5.39. The highest BCUT2D eigenvalue weighted by Crippen LogP contribution is 2.31. The summed E-state index contributed by atoms with van der Waals surface area (Å²) in [4.78, 5) is 0.253. The Labute approximate surface area is 128 Å². The highest BCUT2D eigenvalue weighted by molar-refractivity contribution is 9.10. The van der Waals surface area contributed by atoms with Gasteiger partial charge in [0.1, 0.15) is 22.3 Å². The van der Waals surface area contributed by atoms with E-state index in [9.17, 15) is 4.39 Å². The van der Waals surface area contributed by atoms with Crippen molar-refractivity contribution in [3.05, 3.63) is 57.3 Å². The second kappa shape index (κ2) is 5.86. The lowest BCUT2D eigenvalue weighted by atomic mass is 10.2. The lowest BCUT2D eigenvalue weighted by Gasteiger charge is -2.09. The van der Waals surface area contributed by atoms with Gasteiger partial charge >= 0.3 is 0 Å². The first kappa shape index (κ1) is 14.2. The molecule has 0 aromatic heterocycles. The number of thiocarbonyl (C=S) groups is 1. The minimum absolute atomic E-state index is 0.253. The smallest absolute Gasteiger partial charge is 0.146 e. The van der Waals surface area contributed by atoms with Gasteiger partial charge < -0.3 is 10.5 Å². The monoisotopic (exact) mass is 359 g/mol. The van der Waals surface area contributed by atoms with Crippen LogP contribution in [0, 0.1) is 5.82 Å². The van der Waals surface area contributed by atoms with Crippen LogP contribution in [0.3, 0.4) is 0 Å². The Bertz CT molecular complexity index is 651. The molecule has 2 N–H and O–H groups in total. The van der Waals surface area contributed by atoms with Gasteiger partial charge in [-0.15, -0.1) is 0 Å². The van der Waals surface area contributed by atoms with Crippen molar-refractivity contribution in [1.29, 1.82) is 0 Å². The molecule has 0 radical (unpaired) electrons. The normalized spacial score (nSPS) is 10.3. The Hall–Kier alpha value is -1.17. The molecule has 98 valence electrons. The van der Waals surface area contributed by atoms with E-state index >= 15 is 0 Å². The van der Waals surface area contributed by atoms with Gasteiger partial charge in [-0.1, -0.05) is 23.8 Å². The molecular formula is C13H8BrClFNOS. The van der Waals surface area contributed by atoms with Crippen molar-refractivity contribution in [1.82, 2.24) is 0 Å². The van der Waals surface area contributed by atoms with Crippen LogP contribution in [0.25, 0.3) is 0 Å². The van der Waals surface area contributed by atoms with E-state index in [0.717, 1.165) is 0 Å². The predicted molar refractivity (Wildman–Crippen MR) is 81.5 cm³/mol. The van der Waals surface area contributed by atoms with E-state index in [1.54, 1.807) is 30.3 Å². The number of hydrogen-bond acceptors (Lipinski definition) is 2. The zero-order valence-electron chi connectivity index (χ0n) is 9.49. The molecule has 0 spiro atoms. The van der Waals surface area contributed by atoms with Crippen molar-refractivity contribution in [2.24, 2.45) is 5.73 Å². The third-order valence-corrected chi connectivity index (χ3v) is 3.51. The van der Waals surface area contributed by atoms with Crippen LogP contribution < -0.4 is 10.5 Å². The van der Waals surface area contributed by atoms with E-state index in [4.69, 9.17) is 34.3 Å². The molecule has 0 unspecified atom stereocenters. The maximum atomic E-state index is 13.4. The van der Waals surface area contributed by atoms with Crippen molar-refractivity contribution in [2.75, 3.05) is 0 Å². The Morgan fingerprint density at radius 1 is 1.26 bits per heavy atom. The molecule has 0 aliphatic carbocycles. The molecule has 2 aromatic rings. The average Bonchev–Trinajstić information content (AvgIpc) is 2.36. The summed E-state index contributed by atoms with van der Waals surface area (Å²) >= 11 is 14.0. The van der Waals surface area contributed by atoms with Crippen LogP contribution in [0.5, 0.6) is 11.5 Å². The van der Waals surface area contributed by atoms with Crippen LogP contribution in [-0.4, -0.2) is 4.99 Å². The summed E-state index contributed by atoms with van der Waals surface area (Å²) < 4.78 is 19.2. The summed E-state index contributed by atoms with van der Waals surface area (Å²) in [5.74, 6) is 0.349. The predicted octanol–water partition coefficient (Wildman–Crippen LogP) is 4.67. The first-order valence-electron chi connectivity index (χ1n) is 5.19. The largest absolute Gasteiger partial charge is 0.456 e. The molecule has 0 heterocycles. The van der Waals surface area contributed by atoms with E-state index in [1.165, 1.54) is 6.07 Å². The first-order valence-corrected chi connectivity index (χ1v) is 6.77. The molecule has 6 heteroatoms. The van der Waals surface area contributed by atoms with Crippen LogP contribution in [0.2, 0.25) is 5.02 Å². The molecule has 2 rings (SSSR count). The Morgan fingerprint density at radius 3 is 2.58 bits per heavy atom. The lowest BCUT2D eigenvalue weighted by molar-refractivity contribution is 0.476. The van der Waals surface area contributed by atoms with E-state index in [0.29, 0.717) is 26.6 Å². The fourth-order valence-corrected chi connectivity index (χ4v) is 2.00. The molecule has 2 nitrogen and oxygen atoms in total. The fourth-order valence-electron chi connectivity index (χ4n) is 1.40. The Kier molecular flexibility index (Phi) is 4.39. The van der Waals surface area contributed by atoms with Crippen molar-refractivity contribution in [2.45, 2.75) is 0 Å². The summed E-state index contributed by atoms with van der Waals surface area (Å²) in [6.45, 7) is 0. The molecule has 0 atom stereocenters. The van der Waals surface area contributed by atoms with Crippen LogP contribution in [0.4, 0.5) is 4.39 Å². The second-order valence-electron chi connectivity index (χ2n) is 3.69. The van der Waals surface area contributed by atoms with Gasteiger partial charge in [-0.2, -0.15) is 0 Å². The quantitative estimate of drug-likeness (QED) is 0.808. The van der Waals surface area contributed by atoms with Gasteiger partial charge in [0.05, 0.1) is 9.50 Å². The highest BCUT2D eigenvalue weighted by Gasteiger charge is 2.07. The summed E-state index contributed by atoms with van der Waals surface area (Å²) in [6.07, 6.45) is 0. The number of nitrogens with two attached hydrogens (primary N) is 1. The summed E-state index contributed by atoms with van der Waals surface area (Å²) in [5.41, 5.74) is 6.15. The van der Waals surface area contributed by atoms with E-state index < -0.39 is 5.82 Å². The van der Waals surface area contributed by atoms with Crippen molar-refractivity contribution >= 4 is 44.7 Å². The van der Waals surface area contributed by atoms with Gasteiger partial charge in [-0.3, -0.25) is 0 Å². The summed E-state index contributed by atoms with van der Waals surface area (Å²) in [7, 11) is 0. The molecule has 0 amide bonds. The molecule has 0 aliphatic rings. The van der Waals surface area contributed by atoms with Gasteiger partial charge in [0.25, 0.3) is 0 Å². The number of rotatable bonds is 3. The van der Waals surface area contributed by atoms with Crippen LogP contribution in [-0.2, 0) is 0 Å². The number of halogens is 3. The molecule has 0 bridgehead atoms. The van der Waals surface area contributed by atoms with Gasteiger partial charge in [0.15, 0.2) is 0 Å². The summed E-state index contributed by atoms with van der Waals surface area (Å²) in [6, 6.07) is 9.39. The minimum Gasteiger partial charge on any atom is -0.456 e. The Morgan fingerprint density at radius 2 is 2.00 bits per heavy atom. The van der Waals surface area contributed by atoms with Gasteiger partial charge in [0.2, 0.25) is 0 Å². The van der Waals surface area contributed by atoms with Gasteiger partial charge in [0, 0.05) is 11.6 Å². The van der Waals surface area contributed by atoms with Crippen molar-refractivity contribution < 1.29 is 9.13 Å². The van der Waals surface area contributed by atoms with Crippen LogP contribution in [0.1, 0.15) is 5.56 Å². The van der Waals surface area contributed by atoms with Gasteiger partial charge in [-0.25, -0.2) is 4.39 Å². The zero-order valence-corrected chi connectivity index (χ0v) is 12.7. The maximum absolute atomic E-state index is 13.4. The maximum Gasteiger partial charge on any atom is 0.146 e. The molecule has 0 saturated heterocycles. The van der Waals surface area contributed by atoms with Crippen molar-refractivity contribution in [3.8, 4) is 11.5 Å². The zero-order chi connectivity index (χ0) is 14.0. The highest BCUT2D eigenvalue weighted by atomic mass is 79.9. The lowest BCUT2D eigenvalue weighted by Crippen LogP contribution is -2.08. The molecular weight excluding hydrogens is 353 g/mol. The van der Waals surface area contributed by atoms with Crippen LogP contribution in [0.15, 0.2) is 40.9 Å². The first-order chi connectivity index (χ1) is 8.97. The minimum atomic E-state index is -0.409. The number of benzene rings is 2. The number of ether oxygens (including phenoxy) is 1. The molecule has 19 heavy (non-hydrogen) atoms. The molecule has 0 saturated carbocycles. The van der Waals surface area contributed by atoms with Crippen LogP contribution >= 0.6 is 39.7 Å². The molecule has 0 fully saturated rings.